The van der Waals surface area contributed by atoms with E-state index in [1.54, 1.807) is 14.2 Å². The van der Waals surface area contributed by atoms with Crippen LogP contribution in [-0.2, 0) is 6.42 Å². The molecule has 3 unspecified atom stereocenters. The quantitative estimate of drug-likeness (QED) is 0.860. The molecule has 3 atom stereocenters. The fourth-order valence-corrected chi connectivity index (χ4v) is 4.77. The maximum Gasteiger partial charge on any atom is 0.164 e. The average Bonchev–Trinajstić information content (AvgIpc) is 3.02. The minimum atomic E-state index is 0.537. The average molecular weight is 323 g/mol. The van der Waals surface area contributed by atoms with E-state index in [-0.39, 0.29) is 0 Å². The molecule has 3 nitrogen and oxygen atoms in total. The van der Waals surface area contributed by atoms with E-state index in [1.807, 2.05) is 0 Å². The number of benzene rings is 2. The third-order valence-corrected chi connectivity index (χ3v) is 5.80. The minimum absolute atomic E-state index is 0.537. The molecular formula is C21H25NO2. The minimum Gasteiger partial charge on any atom is -0.493 e. The third-order valence-electron chi connectivity index (χ3n) is 5.80. The van der Waals surface area contributed by atoms with Gasteiger partial charge in [-0.25, -0.2) is 0 Å². The van der Waals surface area contributed by atoms with Crippen LogP contribution in [0.3, 0.4) is 0 Å². The topological polar surface area (TPSA) is 21.7 Å². The van der Waals surface area contributed by atoms with E-state index < -0.39 is 0 Å². The number of rotatable bonds is 3. The van der Waals surface area contributed by atoms with Gasteiger partial charge in [-0.15, -0.1) is 0 Å². The molecule has 0 radical (unpaired) electrons. The summed E-state index contributed by atoms with van der Waals surface area (Å²) in [5.74, 6) is 3.54. The van der Waals surface area contributed by atoms with Crippen molar-refractivity contribution in [1.82, 2.24) is 4.90 Å². The van der Waals surface area contributed by atoms with Crippen molar-refractivity contribution >= 4 is 0 Å². The molecule has 0 amide bonds. The van der Waals surface area contributed by atoms with E-state index in [0.29, 0.717) is 17.8 Å². The van der Waals surface area contributed by atoms with Gasteiger partial charge in [0.25, 0.3) is 0 Å². The summed E-state index contributed by atoms with van der Waals surface area (Å²) in [4.78, 5) is 2.47. The van der Waals surface area contributed by atoms with E-state index in [9.17, 15) is 0 Å². The van der Waals surface area contributed by atoms with Crippen molar-refractivity contribution in [3.05, 3.63) is 59.2 Å². The Kier molecular flexibility index (Phi) is 3.97. The Hall–Kier alpha value is -2.00. The monoisotopic (exact) mass is 323 g/mol. The highest BCUT2D eigenvalue weighted by molar-refractivity contribution is 5.55. The Morgan fingerprint density at radius 1 is 0.917 bits per heavy atom. The Labute approximate surface area is 144 Å². The van der Waals surface area contributed by atoms with Gasteiger partial charge in [0.05, 0.1) is 14.2 Å². The van der Waals surface area contributed by atoms with Crippen LogP contribution in [0, 0.1) is 5.92 Å². The number of nitrogens with zero attached hydrogens (tertiary/aromatic N) is 1. The van der Waals surface area contributed by atoms with Crippen LogP contribution in [0.4, 0.5) is 0 Å². The zero-order chi connectivity index (χ0) is 16.7. The summed E-state index contributed by atoms with van der Waals surface area (Å²) in [6, 6.07) is 15.3. The fraction of sp³-hybridized carbons (Fsp3) is 0.429. The molecule has 126 valence electrons. The van der Waals surface area contributed by atoms with Crippen LogP contribution >= 0.6 is 0 Å². The Balaban J connectivity index is 1.84. The summed E-state index contributed by atoms with van der Waals surface area (Å²) in [5, 5.41) is 0. The van der Waals surface area contributed by atoms with Crippen molar-refractivity contribution in [1.29, 1.82) is 0 Å². The van der Waals surface area contributed by atoms with Gasteiger partial charge in [0, 0.05) is 24.6 Å². The van der Waals surface area contributed by atoms with Crippen LogP contribution in [0.15, 0.2) is 42.5 Å². The number of ether oxygens (including phenoxy) is 2. The smallest absolute Gasteiger partial charge is 0.164 e. The van der Waals surface area contributed by atoms with Gasteiger partial charge in [0.2, 0.25) is 0 Å². The highest BCUT2D eigenvalue weighted by atomic mass is 16.5. The summed E-state index contributed by atoms with van der Waals surface area (Å²) in [6.45, 7) is 2.29. The molecule has 0 saturated carbocycles. The van der Waals surface area contributed by atoms with E-state index in [1.165, 1.54) is 16.7 Å². The zero-order valence-corrected chi connectivity index (χ0v) is 14.7. The number of likely N-dealkylation sites (N-methyl/N-ethyl adjacent to an activating group) is 1. The Bertz CT molecular complexity index is 728. The molecule has 0 N–H and O–H groups in total. The molecule has 24 heavy (non-hydrogen) atoms. The van der Waals surface area contributed by atoms with Crippen LogP contribution < -0.4 is 9.47 Å². The van der Waals surface area contributed by atoms with Crippen molar-refractivity contribution in [2.45, 2.75) is 18.3 Å². The standard InChI is InChI=1S/C21H25NO2/c1-22-12-18-15-9-10-20(23-2)21(24-3)17(15)11-16(19(18)13-22)14-7-5-4-6-8-14/h4-10,16,18-19H,11-13H2,1-3H3. The number of hydrogen-bond donors (Lipinski definition) is 0. The van der Waals surface area contributed by atoms with Crippen LogP contribution in [0.5, 0.6) is 11.5 Å². The molecule has 3 heteroatoms. The highest BCUT2D eigenvalue weighted by Gasteiger charge is 2.43. The SMILES string of the molecule is COc1ccc2c(c1OC)CC(c1ccccc1)C1CN(C)CC21. The second-order valence-corrected chi connectivity index (χ2v) is 7.08. The second kappa shape index (κ2) is 6.14. The second-order valence-electron chi connectivity index (χ2n) is 7.08. The van der Waals surface area contributed by atoms with Crippen LogP contribution in [-0.4, -0.2) is 39.3 Å². The zero-order valence-electron chi connectivity index (χ0n) is 14.7. The first-order chi connectivity index (χ1) is 11.7. The molecule has 1 aliphatic carbocycles. The number of fused-ring (bicyclic) bond motifs is 3. The lowest BCUT2D eigenvalue weighted by molar-refractivity contribution is 0.331. The Morgan fingerprint density at radius 2 is 1.71 bits per heavy atom. The summed E-state index contributed by atoms with van der Waals surface area (Å²) in [5.41, 5.74) is 4.23. The molecule has 0 aromatic heterocycles. The highest BCUT2D eigenvalue weighted by Crippen LogP contribution is 2.51. The normalized spacial score (nSPS) is 25.9. The molecule has 2 aliphatic rings. The summed E-state index contributed by atoms with van der Waals surface area (Å²) in [7, 11) is 5.71. The lowest BCUT2D eigenvalue weighted by Gasteiger charge is -2.36. The van der Waals surface area contributed by atoms with Crippen molar-refractivity contribution in [3.63, 3.8) is 0 Å². The first-order valence-electron chi connectivity index (χ1n) is 8.70. The van der Waals surface area contributed by atoms with Crippen LogP contribution in [0.2, 0.25) is 0 Å². The first kappa shape index (κ1) is 15.5. The third kappa shape index (κ3) is 2.39. The lowest BCUT2D eigenvalue weighted by atomic mass is 9.68. The molecule has 1 aliphatic heterocycles. The molecule has 0 bridgehead atoms. The summed E-state index contributed by atoms with van der Waals surface area (Å²) >= 11 is 0. The van der Waals surface area contributed by atoms with E-state index in [0.717, 1.165) is 31.0 Å². The van der Waals surface area contributed by atoms with E-state index in [2.05, 4.69) is 54.4 Å². The van der Waals surface area contributed by atoms with Gasteiger partial charge in [-0.3, -0.25) is 0 Å². The van der Waals surface area contributed by atoms with Crippen LogP contribution in [0.25, 0.3) is 0 Å². The molecular weight excluding hydrogens is 298 g/mol. The number of likely N-dealkylation sites (tertiary alicyclic amines) is 1. The van der Waals surface area contributed by atoms with Gasteiger partial charge in [-0.2, -0.15) is 0 Å². The summed E-state index contributed by atoms with van der Waals surface area (Å²) in [6.07, 6.45) is 1.02. The van der Waals surface area contributed by atoms with Crippen molar-refractivity contribution in [2.24, 2.45) is 5.92 Å². The molecule has 0 spiro atoms. The number of methoxy groups -OCH3 is 2. The maximum atomic E-state index is 5.76. The fourth-order valence-electron chi connectivity index (χ4n) is 4.77. The van der Waals surface area contributed by atoms with Gasteiger partial charge >= 0.3 is 0 Å². The molecule has 1 heterocycles. The molecule has 4 rings (SSSR count). The Morgan fingerprint density at radius 3 is 2.42 bits per heavy atom. The van der Waals surface area contributed by atoms with Gasteiger partial charge in [-0.1, -0.05) is 36.4 Å². The largest absolute Gasteiger partial charge is 0.493 e. The predicted molar refractivity (Wildman–Crippen MR) is 96.2 cm³/mol. The molecule has 1 saturated heterocycles. The van der Waals surface area contributed by atoms with Crippen molar-refractivity contribution in [3.8, 4) is 11.5 Å². The van der Waals surface area contributed by atoms with Gasteiger partial charge in [0.15, 0.2) is 11.5 Å². The van der Waals surface area contributed by atoms with Crippen molar-refractivity contribution in [2.75, 3.05) is 34.4 Å². The van der Waals surface area contributed by atoms with Crippen LogP contribution in [0.1, 0.15) is 28.5 Å². The van der Waals surface area contributed by atoms with Gasteiger partial charge < -0.3 is 14.4 Å². The molecule has 1 fully saturated rings. The number of hydrogen-bond acceptors (Lipinski definition) is 3. The lowest BCUT2D eigenvalue weighted by Crippen LogP contribution is -2.28. The van der Waals surface area contributed by atoms with Gasteiger partial charge in [-0.05, 0) is 42.5 Å². The first-order valence-corrected chi connectivity index (χ1v) is 8.70. The molecule has 2 aromatic rings. The van der Waals surface area contributed by atoms with Crippen molar-refractivity contribution < 1.29 is 9.47 Å². The molecule has 2 aromatic carbocycles. The summed E-state index contributed by atoms with van der Waals surface area (Å²) < 4.78 is 11.3. The predicted octanol–water partition coefficient (Wildman–Crippen LogP) is 3.69. The van der Waals surface area contributed by atoms with E-state index >= 15 is 0 Å². The van der Waals surface area contributed by atoms with Gasteiger partial charge in [0.1, 0.15) is 0 Å². The van der Waals surface area contributed by atoms with E-state index in [4.69, 9.17) is 9.47 Å². The maximum absolute atomic E-state index is 5.76.